The fraction of sp³-hybridized carbons (Fsp3) is 0.0909. The van der Waals surface area contributed by atoms with Crippen LogP contribution in [0.1, 0.15) is 21.8 Å². The second-order valence-electron chi connectivity index (χ2n) is 3.25. The third-order valence-corrected chi connectivity index (χ3v) is 2.08. The van der Waals surface area contributed by atoms with Crippen LogP contribution < -0.4 is 0 Å². The highest BCUT2D eigenvalue weighted by atomic mass is 19.1. The summed E-state index contributed by atoms with van der Waals surface area (Å²) in [6, 6.07) is 4.70. The molecule has 0 saturated carbocycles. The van der Waals surface area contributed by atoms with Gasteiger partial charge >= 0.3 is 0 Å². The van der Waals surface area contributed by atoms with Crippen LogP contribution in [0.3, 0.4) is 0 Å². The van der Waals surface area contributed by atoms with Crippen LogP contribution in [0.5, 0.6) is 0 Å². The molecule has 16 heavy (non-hydrogen) atoms. The average molecular weight is 223 g/mol. The van der Waals surface area contributed by atoms with Crippen molar-refractivity contribution in [2.45, 2.75) is 6.42 Å². The van der Waals surface area contributed by atoms with Crippen molar-refractivity contribution in [2.24, 2.45) is 0 Å². The van der Waals surface area contributed by atoms with Gasteiger partial charge in [-0.1, -0.05) is 11.2 Å². The van der Waals surface area contributed by atoms with Crippen LogP contribution in [0, 0.1) is 11.6 Å². The van der Waals surface area contributed by atoms with Crippen LogP contribution in [0.15, 0.2) is 28.8 Å². The van der Waals surface area contributed by atoms with Crippen molar-refractivity contribution in [3.63, 3.8) is 0 Å². The van der Waals surface area contributed by atoms with Crippen molar-refractivity contribution in [3.8, 4) is 0 Å². The van der Waals surface area contributed by atoms with Crippen molar-refractivity contribution >= 4 is 6.29 Å². The minimum Gasteiger partial charge on any atom is -0.360 e. The summed E-state index contributed by atoms with van der Waals surface area (Å²) in [6.45, 7) is 0. The molecule has 1 aromatic carbocycles. The normalized spacial score (nSPS) is 10.4. The Labute approximate surface area is 89.7 Å². The molecule has 0 N–H and O–H groups in total. The standard InChI is InChI=1S/C11H7F2NO2/c12-8-2-1-7(11(13)4-8)3-10-5-9(6-15)14-16-10/h1-2,4-6H,3H2. The zero-order valence-corrected chi connectivity index (χ0v) is 8.11. The van der Waals surface area contributed by atoms with E-state index < -0.39 is 11.6 Å². The van der Waals surface area contributed by atoms with Gasteiger partial charge in [-0.05, 0) is 11.6 Å². The van der Waals surface area contributed by atoms with Gasteiger partial charge in [-0.25, -0.2) is 8.78 Å². The summed E-state index contributed by atoms with van der Waals surface area (Å²) < 4.78 is 30.7. The molecular weight excluding hydrogens is 216 g/mol. The fourth-order valence-corrected chi connectivity index (χ4v) is 1.32. The van der Waals surface area contributed by atoms with Crippen LogP contribution in [-0.2, 0) is 6.42 Å². The number of carbonyl (C=O) groups is 1. The molecule has 3 nitrogen and oxygen atoms in total. The number of aromatic nitrogens is 1. The minimum absolute atomic E-state index is 0.132. The lowest BCUT2D eigenvalue weighted by molar-refractivity contribution is 0.111. The number of halogens is 2. The summed E-state index contributed by atoms with van der Waals surface area (Å²) in [6.07, 6.45) is 0.668. The van der Waals surface area contributed by atoms with Crippen molar-refractivity contribution in [2.75, 3.05) is 0 Å². The molecule has 82 valence electrons. The minimum atomic E-state index is -0.649. The Morgan fingerprint density at radius 3 is 2.75 bits per heavy atom. The van der Waals surface area contributed by atoms with Gasteiger partial charge in [0.05, 0.1) is 0 Å². The summed E-state index contributed by atoms with van der Waals surface area (Å²) in [4.78, 5) is 10.3. The second-order valence-corrected chi connectivity index (χ2v) is 3.25. The first-order valence-corrected chi connectivity index (χ1v) is 4.54. The Morgan fingerprint density at radius 2 is 2.12 bits per heavy atom. The van der Waals surface area contributed by atoms with E-state index in [1.165, 1.54) is 12.1 Å². The van der Waals surface area contributed by atoms with E-state index in [1.54, 1.807) is 0 Å². The van der Waals surface area contributed by atoms with Crippen molar-refractivity contribution in [1.82, 2.24) is 5.16 Å². The fourth-order valence-electron chi connectivity index (χ4n) is 1.32. The molecule has 0 amide bonds. The molecule has 2 rings (SSSR count). The molecule has 1 aromatic heterocycles. The molecule has 0 atom stereocenters. The molecule has 0 bridgehead atoms. The Kier molecular flexibility index (Phi) is 2.76. The van der Waals surface area contributed by atoms with Gasteiger partial charge in [-0.15, -0.1) is 0 Å². The molecule has 0 fully saturated rings. The Bertz CT molecular complexity index is 522. The third kappa shape index (κ3) is 2.13. The number of aldehydes is 1. The van der Waals surface area contributed by atoms with E-state index in [9.17, 15) is 13.6 Å². The SMILES string of the molecule is O=Cc1cc(Cc2ccc(F)cc2F)on1. The van der Waals surface area contributed by atoms with Crippen LogP contribution in [0.4, 0.5) is 8.78 Å². The van der Waals surface area contributed by atoms with E-state index in [0.717, 1.165) is 12.1 Å². The zero-order chi connectivity index (χ0) is 11.5. The van der Waals surface area contributed by atoms with Crippen LogP contribution >= 0.6 is 0 Å². The second kappa shape index (κ2) is 4.22. The van der Waals surface area contributed by atoms with Gasteiger partial charge in [0, 0.05) is 18.6 Å². The van der Waals surface area contributed by atoms with Crippen molar-refractivity contribution in [3.05, 3.63) is 52.9 Å². The van der Waals surface area contributed by atoms with Crippen molar-refractivity contribution in [1.29, 1.82) is 0 Å². The molecule has 1 heterocycles. The predicted molar refractivity (Wildman–Crippen MR) is 51.1 cm³/mol. The highest BCUT2D eigenvalue weighted by molar-refractivity contribution is 5.71. The molecule has 0 aliphatic rings. The number of carbonyl (C=O) groups excluding carboxylic acids is 1. The van der Waals surface area contributed by atoms with Gasteiger partial charge in [0.1, 0.15) is 23.1 Å². The Hall–Kier alpha value is -2.04. The smallest absolute Gasteiger partial charge is 0.171 e. The highest BCUT2D eigenvalue weighted by Crippen LogP contribution is 2.14. The maximum atomic E-state index is 13.3. The molecule has 0 spiro atoms. The summed E-state index contributed by atoms with van der Waals surface area (Å²) in [5.41, 5.74) is 0.438. The first-order valence-electron chi connectivity index (χ1n) is 4.54. The van der Waals surface area contributed by atoms with Crippen LogP contribution in [-0.4, -0.2) is 11.4 Å². The lowest BCUT2D eigenvalue weighted by Crippen LogP contribution is -1.92. The quantitative estimate of drug-likeness (QED) is 0.750. The molecule has 0 unspecified atom stereocenters. The van der Waals surface area contributed by atoms with Gasteiger partial charge in [-0.2, -0.15) is 0 Å². The predicted octanol–water partition coefficient (Wildman–Crippen LogP) is 2.36. The highest BCUT2D eigenvalue weighted by Gasteiger charge is 2.08. The lowest BCUT2D eigenvalue weighted by atomic mass is 10.1. The molecular formula is C11H7F2NO2. The summed E-state index contributed by atoms with van der Waals surface area (Å²) in [5.74, 6) is -0.927. The number of hydrogen-bond donors (Lipinski definition) is 0. The molecule has 0 aliphatic carbocycles. The molecule has 2 aromatic rings. The van der Waals surface area contributed by atoms with E-state index in [2.05, 4.69) is 5.16 Å². The van der Waals surface area contributed by atoms with Gasteiger partial charge in [0.25, 0.3) is 0 Å². The van der Waals surface area contributed by atoms with Crippen molar-refractivity contribution < 1.29 is 18.1 Å². The molecule has 0 aliphatic heterocycles. The molecule has 0 saturated heterocycles. The van der Waals surface area contributed by atoms with E-state index in [0.29, 0.717) is 12.0 Å². The van der Waals surface area contributed by atoms with E-state index in [4.69, 9.17) is 4.52 Å². The number of benzene rings is 1. The summed E-state index contributed by atoms with van der Waals surface area (Å²) in [7, 11) is 0. The first-order chi connectivity index (χ1) is 7.69. The van der Waals surface area contributed by atoms with Gasteiger partial charge < -0.3 is 4.52 Å². The van der Waals surface area contributed by atoms with Crippen LogP contribution in [0.2, 0.25) is 0 Å². The van der Waals surface area contributed by atoms with Gasteiger partial charge in [0.2, 0.25) is 0 Å². The summed E-state index contributed by atoms with van der Waals surface area (Å²) >= 11 is 0. The average Bonchev–Trinajstić information content (AvgIpc) is 2.70. The van der Waals surface area contributed by atoms with E-state index in [-0.39, 0.29) is 17.7 Å². The van der Waals surface area contributed by atoms with E-state index >= 15 is 0 Å². The summed E-state index contributed by atoms with van der Waals surface area (Å²) in [5, 5.41) is 3.44. The number of hydrogen-bond acceptors (Lipinski definition) is 3. The third-order valence-electron chi connectivity index (χ3n) is 2.08. The lowest BCUT2D eigenvalue weighted by Gasteiger charge is -1.99. The van der Waals surface area contributed by atoms with E-state index in [1.807, 2.05) is 0 Å². The topological polar surface area (TPSA) is 43.1 Å². The monoisotopic (exact) mass is 223 g/mol. The molecule has 5 heteroatoms. The van der Waals surface area contributed by atoms with Gasteiger partial charge in [0.15, 0.2) is 6.29 Å². The zero-order valence-electron chi connectivity index (χ0n) is 8.11. The number of rotatable bonds is 3. The van der Waals surface area contributed by atoms with Crippen LogP contribution in [0.25, 0.3) is 0 Å². The van der Waals surface area contributed by atoms with Gasteiger partial charge in [-0.3, -0.25) is 4.79 Å². The maximum Gasteiger partial charge on any atom is 0.171 e. The largest absolute Gasteiger partial charge is 0.360 e. The Morgan fingerprint density at radius 1 is 1.31 bits per heavy atom. The first kappa shape index (κ1) is 10.5. The maximum absolute atomic E-state index is 13.3. The molecule has 0 radical (unpaired) electrons. The number of nitrogens with zero attached hydrogens (tertiary/aromatic N) is 1. The Balaban J connectivity index is 2.23.